The Hall–Kier alpha value is -3.83. The number of carbonyl (C=O) groups is 4. The highest BCUT2D eigenvalue weighted by Gasteiger charge is 2.39. The standard InChI is InChI=1S/C25H38N6O6/c1-25(2,3)37-24(36)30-18(15-16-9-5-4-6-10-16)21(33)31-14-8-12-19(31)20(32)29-17(22(34)35)11-7-13-28-23(26)27/h4-6,9-10,17-19H,7-8,11-15H2,1-3H3,(H,29,32)(H,30,36)(H,34,35)(H4,26,27,28). The number of carboxylic acids is 1. The SMILES string of the molecule is CC(C)(C)OC(=O)NC(Cc1ccccc1)C(=O)N1CCCC1C(=O)NC(CCCN=C(N)N)C(=O)O. The molecule has 1 aliphatic heterocycles. The monoisotopic (exact) mass is 518 g/mol. The molecule has 1 fully saturated rings. The second kappa shape index (κ2) is 13.5. The average Bonchev–Trinajstić information content (AvgIpc) is 3.29. The first-order valence-electron chi connectivity index (χ1n) is 12.3. The third kappa shape index (κ3) is 9.98. The van der Waals surface area contributed by atoms with Crippen LogP contribution in [0.5, 0.6) is 0 Å². The lowest BCUT2D eigenvalue weighted by Crippen LogP contribution is -2.56. The first kappa shape index (κ1) is 29.4. The molecule has 12 heteroatoms. The lowest BCUT2D eigenvalue weighted by atomic mass is 10.0. The molecular formula is C25H38N6O6. The Morgan fingerprint density at radius 1 is 1.14 bits per heavy atom. The van der Waals surface area contributed by atoms with Gasteiger partial charge in [-0.3, -0.25) is 14.6 Å². The smallest absolute Gasteiger partial charge is 0.408 e. The van der Waals surface area contributed by atoms with Crippen LogP contribution in [0.2, 0.25) is 0 Å². The zero-order chi connectivity index (χ0) is 27.6. The normalized spacial score (nSPS) is 16.8. The Morgan fingerprint density at radius 2 is 1.81 bits per heavy atom. The number of amides is 3. The van der Waals surface area contributed by atoms with Crippen LogP contribution in [0, 0.1) is 0 Å². The molecule has 1 aromatic rings. The summed E-state index contributed by atoms with van der Waals surface area (Å²) in [7, 11) is 0. The summed E-state index contributed by atoms with van der Waals surface area (Å²) in [4.78, 5) is 56.1. The number of nitrogens with zero attached hydrogens (tertiary/aromatic N) is 2. The van der Waals surface area contributed by atoms with Crippen molar-refractivity contribution in [2.45, 2.75) is 76.6 Å². The molecule has 0 spiro atoms. The molecule has 2 rings (SSSR count). The molecule has 3 unspecified atom stereocenters. The fourth-order valence-electron chi connectivity index (χ4n) is 4.03. The van der Waals surface area contributed by atoms with Crippen LogP contribution < -0.4 is 22.1 Å². The van der Waals surface area contributed by atoms with Crippen LogP contribution in [0.4, 0.5) is 4.79 Å². The molecule has 1 saturated heterocycles. The van der Waals surface area contributed by atoms with Gasteiger partial charge in [-0.25, -0.2) is 9.59 Å². The van der Waals surface area contributed by atoms with Crippen LogP contribution in [0.1, 0.15) is 52.0 Å². The number of aliphatic carboxylic acids is 1. The van der Waals surface area contributed by atoms with Crippen LogP contribution in [-0.4, -0.2) is 76.7 Å². The van der Waals surface area contributed by atoms with Gasteiger partial charge in [0.1, 0.15) is 23.7 Å². The molecule has 0 aliphatic carbocycles. The number of nitrogens with two attached hydrogens (primary N) is 2. The van der Waals surface area contributed by atoms with Gasteiger partial charge in [-0.2, -0.15) is 0 Å². The van der Waals surface area contributed by atoms with Gasteiger partial charge in [0.2, 0.25) is 11.8 Å². The molecular weight excluding hydrogens is 480 g/mol. The van der Waals surface area contributed by atoms with Crippen LogP contribution >= 0.6 is 0 Å². The van der Waals surface area contributed by atoms with Crippen molar-refractivity contribution in [1.29, 1.82) is 0 Å². The molecule has 1 heterocycles. The molecule has 1 aliphatic rings. The van der Waals surface area contributed by atoms with Gasteiger partial charge >= 0.3 is 12.1 Å². The molecule has 1 aromatic carbocycles. The molecule has 0 bridgehead atoms. The van der Waals surface area contributed by atoms with Crippen molar-refractivity contribution < 1.29 is 29.0 Å². The van der Waals surface area contributed by atoms with Crippen molar-refractivity contribution in [2.24, 2.45) is 16.5 Å². The van der Waals surface area contributed by atoms with E-state index in [2.05, 4.69) is 15.6 Å². The number of nitrogens with one attached hydrogen (secondary N) is 2. The molecule has 7 N–H and O–H groups in total. The van der Waals surface area contributed by atoms with Gasteiger partial charge in [0, 0.05) is 19.5 Å². The van der Waals surface area contributed by atoms with E-state index in [1.165, 1.54) is 4.90 Å². The van der Waals surface area contributed by atoms with E-state index in [0.717, 1.165) is 5.56 Å². The van der Waals surface area contributed by atoms with Gasteiger partial charge in [-0.05, 0) is 52.0 Å². The van der Waals surface area contributed by atoms with E-state index in [1.807, 2.05) is 30.3 Å². The number of benzene rings is 1. The Bertz CT molecular complexity index is 974. The maximum absolute atomic E-state index is 13.6. The second-order valence-electron chi connectivity index (χ2n) is 9.93. The Morgan fingerprint density at radius 3 is 2.41 bits per heavy atom. The van der Waals surface area contributed by atoms with E-state index >= 15 is 0 Å². The molecule has 12 nitrogen and oxygen atoms in total. The summed E-state index contributed by atoms with van der Waals surface area (Å²) >= 11 is 0. The summed E-state index contributed by atoms with van der Waals surface area (Å²) in [5.41, 5.74) is 10.6. The van der Waals surface area contributed by atoms with Crippen molar-refractivity contribution in [3.05, 3.63) is 35.9 Å². The molecule has 37 heavy (non-hydrogen) atoms. The number of hydrogen-bond donors (Lipinski definition) is 5. The maximum Gasteiger partial charge on any atom is 0.408 e. The predicted octanol–water partition coefficient (Wildman–Crippen LogP) is 0.736. The van der Waals surface area contributed by atoms with Gasteiger partial charge in [0.15, 0.2) is 5.96 Å². The first-order valence-corrected chi connectivity index (χ1v) is 12.3. The minimum atomic E-state index is -1.19. The highest BCUT2D eigenvalue weighted by atomic mass is 16.6. The number of hydrogen-bond acceptors (Lipinski definition) is 6. The van der Waals surface area contributed by atoms with Crippen LogP contribution in [0.3, 0.4) is 0 Å². The number of rotatable bonds is 11. The molecule has 0 radical (unpaired) electrons. The van der Waals surface area contributed by atoms with Crippen LogP contribution in [0.25, 0.3) is 0 Å². The Balaban J connectivity index is 2.14. The number of alkyl carbamates (subject to hydrolysis) is 1. The van der Waals surface area contributed by atoms with Crippen LogP contribution in [0.15, 0.2) is 35.3 Å². The highest BCUT2D eigenvalue weighted by Crippen LogP contribution is 2.20. The molecule has 3 amide bonds. The maximum atomic E-state index is 13.6. The summed E-state index contributed by atoms with van der Waals surface area (Å²) in [6.07, 6.45) is 0.871. The second-order valence-corrected chi connectivity index (χ2v) is 9.93. The van der Waals surface area contributed by atoms with Crippen molar-refractivity contribution in [1.82, 2.24) is 15.5 Å². The van der Waals surface area contributed by atoms with E-state index in [-0.39, 0.29) is 25.3 Å². The molecule has 0 aromatic heterocycles. The molecule has 3 atom stereocenters. The fourth-order valence-corrected chi connectivity index (χ4v) is 4.03. The molecule has 0 saturated carbocycles. The number of guanidine groups is 1. The van der Waals surface area contributed by atoms with Crippen molar-refractivity contribution in [3.63, 3.8) is 0 Å². The topological polar surface area (TPSA) is 189 Å². The Labute approximate surface area is 216 Å². The number of likely N-dealkylation sites (tertiary alicyclic amines) is 1. The lowest BCUT2D eigenvalue weighted by molar-refractivity contribution is -0.144. The predicted molar refractivity (Wildman–Crippen MR) is 138 cm³/mol. The zero-order valence-electron chi connectivity index (χ0n) is 21.6. The summed E-state index contributed by atoms with van der Waals surface area (Å²) in [6, 6.07) is 6.20. The van der Waals surface area contributed by atoms with E-state index in [0.29, 0.717) is 25.8 Å². The first-order chi connectivity index (χ1) is 17.4. The van der Waals surface area contributed by atoms with Gasteiger partial charge in [-0.15, -0.1) is 0 Å². The number of ether oxygens (including phenoxy) is 1. The van der Waals surface area contributed by atoms with Crippen molar-refractivity contribution in [2.75, 3.05) is 13.1 Å². The highest BCUT2D eigenvalue weighted by molar-refractivity contribution is 5.93. The number of carboxylic acid groups (broad SMARTS) is 1. The van der Waals surface area contributed by atoms with Gasteiger partial charge in [0.25, 0.3) is 0 Å². The van der Waals surface area contributed by atoms with E-state index < -0.39 is 47.6 Å². The summed E-state index contributed by atoms with van der Waals surface area (Å²) in [5.74, 6) is -2.29. The minimum Gasteiger partial charge on any atom is -0.480 e. The third-order valence-electron chi connectivity index (χ3n) is 5.67. The van der Waals surface area contributed by atoms with E-state index in [1.54, 1.807) is 20.8 Å². The molecule has 204 valence electrons. The van der Waals surface area contributed by atoms with E-state index in [9.17, 15) is 24.3 Å². The van der Waals surface area contributed by atoms with Gasteiger partial charge in [0.05, 0.1) is 0 Å². The van der Waals surface area contributed by atoms with E-state index in [4.69, 9.17) is 16.2 Å². The summed E-state index contributed by atoms with van der Waals surface area (Å²) < 4.78 is 5.34. The number of carbonyl (C=O) groups excluding carboxylic acids is 3. The Kier molecular flexibility index (Phi) is 10.7. The average molecular weight is 519 g/mol. The largest absolute Gasteiger partial charge is 0.480 e. The fraction of sp³-hybridized carbons (Fsp3) is 0.560. The zero-order valence-corrected chi connectivity index (χ0v) is 21.6. The van der Waals surface area contributed by atoms with Crippen LogP contribution in [-0.2, 0) is 25.5 Å². The quantitative estimate of drug-likeness (QED) is 0.161. The van der Waals surface area contributed by atoms with Gasteiger partial charge < -0.3 is 36.8 Å². The van der Waals surface area contributed by atoms with Crippen molar-refractivity contribution >= 4 is 29.8 Å². The summed E-state index contributed by atoms with van der Waals surface area (Å²) in [6.45, 7) is 5.70. The number of aliphatic imine (C=N–C) groups is 1. The minimum absolute atomic E-state index is 0.0962. The van der Waals surface area contributed by atoms with Crippen molar-refractivity contribution in [3.8, 4) is 0 Å². The van der Waals surface area contributed by atoms with Gasteiger partial charge in [-0.1, -0.05) is 30.3 Å². The summed E-state index contributed by atoms with van der Waals surface area (Å²) in [5, 5.41) is 14.7. The third-order valence-corrected chi connectivity index (χ3v) is 5.67. The lowest BCUT2D eigenvalue weighted by Gasteiger charge is -2.30.